The van der Waals surface area contributed by atoms with Crippen LogP contribution in [0, 0.1) is 0 Å². The molecular formula is C14H20Cl2N4O2. The summed E-state index contributed by atoms with van der Waals surface area (Å²) >= 11 is 11.7. The van der Waals surface area contributed by atoms with Crippen molar-refractivity contribution in [3.63, 3.8) is 0 Å². The fraction of sp³-hybridized carbons (Fsp3) is 0.571. The second kappa shape index (κ2) is 7.35. The standard InChI is InChI=1S/C14H20Cl2N4O2/c1-9(2)17-12(21)8-19-3-5-20(6-4-19)14(22)11-7-10(15)13(16)18-11/h7,9,18H,3-6,8H2,1-2H3,(H,17,21). The lowest BCUT2D eigenvalue weighted by Crippen LogP contribution is -2.51. The summed E-state index contributed by atoms with van der Waals surface area (Å²) in [4.78, 5) is 30.6. The maximum Gasteiger partial charge on any atom is 0.270 e. The lowest BCUT2D eigenvalue weighted by molar-refractivity contribution is -0.123. The Morgan fingerprint density at radius 3 is 2.41 bits per heavy atom. The first kappa shape index (κ1) is 17.1. The molecule has 122 valence electrons. The van der Waals surface area contributed by atoms with Crippen LogP contribution in [0.3, 0.4) is 0 Å². The van der Waals surface area contributed by atoms with Crippen molar-refractivity contribution in [2.45, 2.75) is 19.9 Å². The average Bonchev–Trinajstić information content (AvgIpc) is 2.78. The number of carbonyl (C=O) groups excluding carboxylic acids is 2. The fourth-order valence-electron chi connectivity index (χ4n) is 2.37. The highest BCUT2D eigenvalue weighted by atomic mass is 35.5. The Bertz CT molecular complexity index is 532. The van der Waals surface area contributed by atoms with Crippen LogP contribution in [0.4, 0.5) is 0 Å². The van der Waals surface area contributed by atoms with Crippen molar-refractivity contribution in [2.75, 3.05) is 32.7 Å². The van der Waals surface area contributed by atoms with E-state index < -0.39 is 0 Å². The molecule has 8 heteroatoms. The van der Waals surface area contributed by atoms with Gasteiger partial charge in [-0.05, 0) is 19.9 Å². The molecule has 1 saturated heterocycles. The van der Waals surface area contributed by atoms with Crippen molar-refractivity contribution in [2.24, 2.45) is 0 Å². The molecule has 0 aromatic carbocycles. The molecule has 0 saturated carbocycles. The van der Waals surface area contributed by atoms with E-state index in [4.69, 9.17) is 23.2 Å². The quantitative estimate of drug-likeness (QED) is 0.870. The molecule has 1 aromatic heterocycles. The van der Waals surface area contributed by atoms with Crippen LogP contribution in [0.5, 0.6) is 0 Å². The van der Waals surface area contributed by atoms with Crippen molar-refractivity contribution < 1.29 is 9.59 Å². The van der Waals surface area contributed by atoms with E-state index in [1.54, 1.807) is 4.90 Å². The van der Waals surface area contributed by atoms with Crippen LogP contribution in [-0.2, 0) is 4.79 Å². The normalized spacial score (nSPS) is 16.1. The molecule has 1 fully saturated rings. The molecule has 0 bridgehead atoms. The van der Waals surface area contributed by atoms with Gasteiger partial charge in [-0.1, -0.05) is 23.2 Å². The van der Waals surface area contributed by atoms with Crippen LogP contribution in [0.1, 0.15) is 24.3 Å². The third-order valence-electron chi connectivity index (χ3n) is 3.43. The van der Waals surface area contributed by atoms with E-state index in [1.165, 1.54) is 6.07 Å². The number of carbonyl (C=O) groups is 2. The number of aromatic amines is 1. The summed E-state index contributed by atoms with van der Waals surface area (Å²) in [6.45, 7) is 6.70. The molecule has 2 N–H and O–H groups in total. The molecule has 2 heterocycles. The molecule has 2 rings (SSSR count). The minimum Gasteiger partial charge on any atom is -0.353 e. The molecule has 6 nitrogen and oxygen atoms in total. The highest BCUT2D eigenvalue weighted by Gasteiger charge is 2.24. The van der Waals surface area contributed by atoms with Gasteiger partial charge in [0.25, 0.3) is 5.91 Å². The Balaban J connectivity index is 1.84. The Kier molecular flexibility index (Phi) is 5.72. The molecule has 0 atom stereocenters. The van der Waals surface area contributed by atoms with Gasteiger partial charge in [-0.25, -0.2) is 0 Å². The predicted octanol–water partition coefficient (Wildman–Crippen LogP) is 1.60. The van der Waals surface area contributed by atoms with E-state index in [2.05, 4.69) is 10.3 Å². The SMILES string of the molecule is CC(C)NC(=O)CN1CCN(C(=O)c2cc(Cl)c(Cl)[nH]2)CC1. The molecule has 0 radical (unpaired) electrons. The van der Waals surface area contributed by atoms with Crippen LogP contribution >= 0.6 is 23.2 Å². The third-order valence-corrected chi connectivity index (χ3v) is 4.12. The fourth-order valence-corrected chi connectivity index (χ4v) is 2.68. The first-order valence-corrected chi connectivity index (χ1v) is 7.97. The van der Waals surface area contributed by atoms with Gasteiger partial charge >= 0.3 is 0 Å². The number of H-pyrrole nitrogens is 1. The number of piperazine rings is 1. The van der Waals surface area contributed by atoms with Crippen LogP contribution in [0.2, 0.25) is 10.2 Å². The van der Waals surface area contributed by atoms with Gasteiger partial charge in [0.1, 0.15) is 10.8 Å². The van der Waals surface area contributed by atoms with Crippen LogP contribution in [0.15, 0.2) is 6.07 Å². The second-order valence-electron chi connectivity index (χ2n) is 5.64. The van der Waals surface area contributed by atoms with Crippen molar-refractivity contribution in [3.05, 3.63) is 21.9 Å². The summed E-state index contributed by atoms with van der Waals surface area (Å²) in [5.41, 5.74) is 0.390. The van der Waals surface area contributed by atoms with Gasteiger partial charge in [-0.15, -0.1) is 0 Å². The number of hydrogen-bond donors (Lipinski definition) is 2. The van der Waals surface area contributed by atoms with Crippen LogP contribution in [-0.4, -0.2) is 65.4 Å². The molecule has 0 unspecified atom stereocenters. The van der Waals surface area contributed by atoms with Crippen molar-refractivity contribution >= 4 is 35.0 Å². The highest BCUT2D eigenvalue weighted by molar-refractivity contribution is 6.41. The van der Waals surface area contributed by atoms with Crippen LogP contribution in [0.25, 0.3) is 0 Å². The van der Waals surface area contributed by atoms with E-state index >= 15 is 0 Å². The summed E-state index contributed by atoms with van der Waals surface area (Å²) in [6.07, 6.45) is 0. The van der Waals surface area contributed by atoms with Gasteiger partial charge in [-0.3, -0.25) is 14.5 Å². The van der Waals surface area contributed by atoms with Gasteiger partial charge < -0.3 is 15.2 Å². The van der Waals surface area contributed by atoms with Crippen molar-refractivity contribution in [3.8, 4) is 0 Å². The summed E-state index contributed by atoms with van der Waals surface area (Å²) in [6, 6.07) is 1.67. The van der Waals surface area contributed by atoms with Crippen LogP contribution < -0.4 is 5.32 Å². The summed E-state index contributed by atoms with van der Waals surface area (Å²) < 4.78 is 0. The van der Waals surface area contributed by atoms with Gasteiger partial charge in [0.2, 0.25) is 5.91 Å². The number of amides is 2. The lowest BCUT2D eigenvalue weighted by atomic mass is 10.2. The number of nitrogens with one attached hydrogen (secondary N) is 2. The third kappa shape index (κ3) is 4.38. The monoisotopic (exact) mass is 346 g/mol. The zero-order valence-electron chi connectivity index (χ0n) is 12.7. The number of aromatic nitrogens is 1. The molecule has 0 spiro atoms. The molecule has 22 heavy (non-hydrogen) atoms. The molecular weight excluding hydrogens is 327 g/mol. The van der Waals surface area contributed by atoms with E-state index in [9.17, 15) is 9.59 Å². The predicted molar refractivity (Wildman–Crippen MR) is 86.4 cm³/mol. The Hall–Kier alpha value is -1.24. The molecule has 0 aliphatic carbocycles. The molecule has 2 amide bonds. The molecule has 1 aromatic rings. The number of halogens is 2. The molecule has 1 aliphatic rings. The zero-order chi connectivity index (χ0) is 16.3. The lowest BCUT2D eigenvalue weighted by Gasteiger charge is -2.34. The smallest absolute Gasteiger partial charge is 0.270 e. The van der Waals surface area contributed by atoms with E-state index in [-0.39, 0.29) is 23.0 Å². The van der Waals surface area contributed by atoms with Crippen molar-refractivity contribution in [1.82, 2.24) is 20.1 Å². The van der Waals surface area contributed by atoms with Crippen molar-refractivity contribution in [1.29, 1.82) is 0 Å². The topological polar surface area (TPSA) is 68.4 Å². The number of nitrogens with zero attached hydrogens (tertiary/aromatic N) is 2. The molecule has 1 aliphatic heterocycles. The maximum atomic E-state index is 12.3. The highest BCUT2D eigenvalue weighted by Crippen LogP contribution is 2.22. The minimum atomic E-state index is -0.125. The largest absolute Gasteiger partial charge is 0.353 e. The summed E-state index contributed by atoms with van der Waals surface area (Å²) in [5.74, 6) is -0.113. The average molecular weight is 347 g/mol. The number of hydrogen-bond acceptors (Lipinski definition) is 3. The maximum absolute atomic E-state index is 12.3. The van der Waals surface area contributed by atoms with Gasteiger partial charge in [0.15, 0.2) is 0 Å². The van der Waals surface area contributed by atoms with E-state index in [1.807, 2.05) is 18.7 Å². The Morgan fingerprint density at radius 1 is 1.27 bits per heavy atom. The van der Waals surface area contributed by atoms with E-state index in [0.717, 1.165) is 0 Å². The Labute approximate surface area is 139 Å². The summed E-state index contributed by atoms with van der Waals surface area (Å²) in [7, 11) is 0. The first-order valence-electron chi connectivity index (χ1n) is 7.22. The minimum absolute atomic E-state index is 0.0118. The van der Waals surface area contributed by atoms with Gasteiger partial charge in [0.05, 0.1) is 11.6 Å². The van der Waals surface area contributed by atoms with E-state index in [0.29, 0.717) is 43.4 Å². The number of rotatable bonds is 4. The summed E-state index contributed by atoms with van der Waals surface area (Å²) in [5, 5.41) is 3.48. The first-order chi connectivity index (χ1) is 10.4. The van der Waals surface area contributed by atoms with Gasteiger partial charge in [0, 0.05) is 32.2 Å². The van der Waals surface area contributed by atoms with Gasteiger partial charge in [-0.2, -0.15) is 0 Å². The zero-order valence-corrected chi connectivity index (χ0v) is 14.2. The Morgan fingerprint density at radius 2 is 1.91 bits per heavy atom. The second-order valence-corrected chi connectivity index (χ2v) is 6.42.